The number of fused-ring (bicyclic) bond motifs is 1. The molecule has 0 saturated carbocycles. The highest BCUT2D eigenvalue weighted by atomic mass is 32.1. The molecule has 2 aromatic heterocycles. The molecule has 366 valence electrons. The number of nitrogens with zero attached hydrogens (tertiary/aromatic N) is 2. The highest BCUT2D eigenvalue weighted by Crippen LogP contribution is 2.28. The van der Waals surface area contributed by atoms with E-state index in [0.717, 1.165) is 44.8 Å². The molecule has 0 bridgehead atoms. The summed E-state index contributed by atoms with van der Waals surface area (Å²) < 4.78 is 16.4. The molecule has 0 radical (unpaired) electrons. The number of amides is 7. The van der Waals surface area contributed by atoms with Crippen LogP contribution in [0.3, 0.4) is 0 Å². The molecule has 1 saturated heterocycles. The monoisotopic (exact) mass is 965 g/mol. The van der Waals surface area contributed by atoms with Crippen LogP contribution in [0.4, 0.5) is 21.9 Å². The Labute approximate surface area is 403 Å². The predicted molar refractivity (Wildman–Crippen MR) is 262 cm³/mol. The van der Waals surface area contributed by atoms with Crippen LogP contribution in [-0.2, 0) is 44.7 Å². The van der Waals surface area contributed by atoms with Gasteiger partial charge in [-0.25, -0.2) is 9.78 Å². The number of H-pyrrole nitrogens is 1. The third-order valence-electron chi connectivity index (χ3n) is 10.8. The van der Waals surface area contributed by atoms with Crippen LogP contribution in [0.15, 0.2) is 96.7 Å². The normalized spacial score (nSPS) is 15.2. The highest BCUT2D eigenvalue weighted by Gasteiger charge is 2.44. The number of benzene rings is 3. The Hall–Kier alpha value is -6.97. The van der Waals surface area contributed by atoms with Gasteiger partial charge in [0.1, 0.15) is 18.7 Å². The summed E-state index contributed by atoms with van der Waals surface area (Å²) in [5, 5.41) is 28.0. The lowest BCUT2D eigenvalue weighted by Crippen LogP contribution is -2.58. The number of aliphatic hydroxyl groups excluding tert-OH is 1. The van der Waals surface area contributed by atoms with E-state index in [0.29, 0.717) is 17.1 Å². The summed E-state index contributed by atoms with van der Waals surface area (Å²) in [5.41, 5.74) is 6.45. The van der Waals surface area contributed by atoms with Crippen molar-refractivity contribution in [2.75, 3.05) is 68.7 Å². The van der Waals surface area contributed by atoms with Crippen LogP contribution >= 0.6 is 11.3 Å². The van der Waals surface area contributed by atoms with Crippen molar-refractivity contribution in [2.24, 2.45) is 5.41 Å². The zero-order chi connectivity index (χ0) is 49.3. The minimum atomic E-state index is -0.995. The number of rotatable bonds is 22. The summed E-state index contributed by atoms with van der Waals surface area (Å²) in [6.07, 6.45) is 3.21. The number of urea groups is 1. The number of carbonyl (C=O) groups excluding carboxylic acids is 6. The van der Waals surface area contributed by atoms with Crippen molar-refractivity contribution in [3.63, 3.8) is 0 Å². The highest BCUT2D eigenvalue weighted by molar-refractivity contribution is 7.13. The fraction of sp³-hybridized carbons (Fsp3) is 0.367. The second kappa shape index (κ2) is 24.9. The van der Waals surface area contributed by atoms with Gasteiger partial charge in [-0.2, -0.15) is 0 Å². The van der Waals surface area contributed by atoms with Crippen LogP contribution < -0.4 is 31.9 Å². The molecule has 1 fully saturated rings. The van der Waals surface area contributed by atoms with Crippen LogP contribution in [0, 0.1) is 12.3 Å². The van der Waals surface area contributed by atoms with Gasteiger partial charge in [-0.1, -0.05) is 51.1 Å². The first-order valence-electron chi connectivity index (χ1n) is 22.4. The van der Waals surface area contributed by atoms with Gasteiger partial charge in [0.2, 0.25) is 29.5 Å². The molecule has 3 aromatic carbocycles. The third kappa shape index (κ3) is 15.8. The molecule has 19 nitrogen and oxygen atoms in total. The van der Waals surface area contributed by atoms with E-state index in [1.807, 2.05) is 55.6 Å². The Morgan fingerprint density at radius 2 is 1.48 bits per heavy atom. The zero-order valence-corrected chi connectivity index (χ0v) is 39.8. The molecule has 1 aliphatic heterocycles. The predicted octanol–water partition coefficient (Wildman–Crippen LogP) is 4.71. The maximum atomic E-state index is 13.9. The van der Waals surface area contributed by atoms with Crippen LogP contribution in [0.1, 0.15) is 38.4 Å². The molecule has 69 heavy (non-hydrogen) atoms. The topological polar surface area (TPSA) is 254 Å². The van der Waals surface area contributed by atoms with Gasteiger partial charge in [0, 0.05) is 67.0 Å². The maximum Gasteiger partial charge on any atom is 0.323 e. The van der Waals surface area contributed by atoms with E-state index in [2.05, 4.69) is 41.9 Å². The largest absolute Gasteiger partial charge is 0.391 e. The summed E-state index contributed by atoms with van der Waals surface area (Å²) in [4.78, 5) is 87.0. The minimum absolute atomic E-state index is 0.0390. The molecule has 8 N–H and O–H groups in total. The lowest BCUT2D eigenvalue weighted by Gasteiger charge is -2.35. The molecule has 6 rings (SSSR count). The first-order chi connectivity index (χ1) is 33.1. The van der Waals surface area contributed by atoms with E-state index in [4.69, 9.17) is 14.2 Å². The van der Waals surface area contributed by atoms with E-state index in [9.17, 15) is 33.9 Å². The molecule has 0 spiro atoms. The number of thiazole rings is 1. The van der Waals surface area contributed by atoms with Crippen molar-refractivity contribution in [2.45, 2.75) is 58.8 Å². The Bertz CT molecular complexity index is 2570. The van der Waals surface area contributed by atoms with E-state index in [1.54, 1.807) is 68.0 Å². The van der Waals surface area contributed by atoms with Crippen molar-refractivity contribution in [1.29, 1.82) is 0 Å². The number of aromatic nitrogens is 2. The Kier molecular flexibility index (Phi) is 18.5. The summed E-state index contributed by atoms with van der Waals surface area (Å²) in [5.74, 6) is -2.38. The van der Waals surface area contributed by atoms with Gasteiger partial charge in [0.05, 0.1) is 55.2 Å². The van der Waals surface area contributed by atoms with Gasteiger partial charge in [0.25, 0.3) is 0 Å². The summed E-state index contributed by atoms with van der Waals surface area (Å²) in [6.45, 7) is 8.37. The molecule has 20 heteroatoms. The standard InChI is InChI=1S/C49H59N9O10S/c1-31-44(69-30-53-31)34-7-5-32(6-8-34)27-52-46(63)40-26-38(59)28-58(40)47(64)45(49(2,3)4)57-43(62)29-68-24-23-67-22-21-66-20-19-51-41(60)15-16-42(61)54-35-11-13-36(14-12-35)55-48(65)56-37-10-9-33-17-18-50-39(33)25-37/h5-18,25,30,38,40,45,50,59H,19-24,26-29H2,1-4H3,(H,51,60)(H,52,63)(H,54,61)(H,57,62)(H2,55,56,65)/b16-15+/t38-,40+,45-/m1/s1. The van der Waals surface area contributed by atoms with Gasteiger partial charge in [-0.15, -0.1) is 11.3 Å². The van der Waals surface area contributed by atoms with Crippen molar-refractivity contribution < 1.29 is 48.1 Å². The molecule has 0 aliphatic carbocycles. The van der Waals surface area contributed by atoms with Gasteiger partial charge in [-0.3, -0.25) is 24.0 Å². The van der Waals surface area contributed by atoms with Crippen LogP contribution in [-0.4, -0.2) is 126 Å². The number of hydrogen-bond donors (Lipinski definition) is 8. The van der Waals surface area contributed by atoms with Gasteiger partial charge < -0.3 is 61.1 Å². The van der Waals surface area contributed by atoms with E-state index < -0.39 is 59.2 Å². The Balaban J connectivity index is 0.794. The minimum Gasteiger partial charge on any atom is -0.391 e. The molecular weight excluding hydrogens is 907 g/mol. The molecule has 7 amide bonds. The number of nitrogens with one attached hydrogen (secondary N) is 7. The second-order valence-corrected chi connectivity index (χ2v) is 18.1. The van der Waals surface area contributed by atoms with Crippen molar-refractivity contribution in [1.82, 2.24) is 30.8 Å². The van der Waals surface area contributed by atoms with Crippen molar-refractivity contribution in [3.8, 4) is 10.4 Å². The number of aryl methyl sites for hydroxylation is 1. The molecule has 0 unspecified atom stereocenters. The van der Waals surface area contributed by atoms with E-state index >= 15 is 0 Å². The zero-order valence-electron chi connectivity index (χ0n) is 39.0. The average Bonchev–Trinajstić information content (AvgIpc) is 4.08. The smallest absolute Gasteiger partial charge is 0.323 e. The molecule has 1 aliphatic rings. The van der Waals surface area contributed by atoms with E-state index in [1.165, 1.54) is 4.90 Å². The number of likely N-dealkylation sites (tertiary alicyclic amines) is 1. The van der Waals surface area contributed by atoms with Gasteiger partial charge in [-0.05, 0) is 71.3 Å². The van der Waals surface area contributed by atoms with Crippen molar-refractivity contribution >= 4 is 74.9 Å². The van der Waals surface area contributed by atoms with Gasteiger partial charge >= 0.3 is 6.03 Å². The number of aromatic amines is 1. The number of anilines is 3. The van der Waals surface area contributed by atoms with Crippen LogP contribution in [0.5, 0.6) is 0 Å². The third-order valence-corrected chi connectivity index (χ3v) is 11.8. The summed E-state index contributed by atoms with van der Waals surface area (Å²) in [6, 6.07) is 19.4. The number of carbonyl (C=O) groups is 6. The number of hydrogen-bond acceptors (Lipinski definition) is 12. The Morgan fingerprint density at radius 3 is 2.17 bits per heavy atom. The summed E-state index contributed by atoms with van der Waals surface area (Å²) in [7, 11) is 0. The fourth-order valence-corrected chi connectivity index (χ4v) is 8.10. The number of aliphatic hydroxyl groups is 1. The lowest BCUT2D eigenvalue weighted by molar-refractivity contribution is -0.144. The second-order valence-electron chi connectivity index (χ2n) is 17.3. The first-order valence-corrected chi connectivity index (χ1v) is 23.3. The lowest BCUT2D eigenvalue weighted by atomic mass is 9.85. The first kappa shape index (κ1) is 51.4. The summed E-state index contributed by atoms with van der Waals surface area (Å²) >= 11 is 1.56. The molecule has 3 atom stereocenters. The molecule has 3 heterocycles. The quantitative estimate of drug-likeness (QED) is 0.0348. The number of β-amino-alcohol motifs (C(OH)–C–C–N with tert-alkyl or cyclic N) is 1. The maximum absolute atomic E-state index is 13.9. The SMILES string of the molecule is Cc1ncsc1-c1ccc(CNC(=O)[C@@H]2C[C@@H](O)CN2C(=O)[C@@H](NC(=O)COCCOCCOCCNC(=O)/C=C/C(=O)Nc2ccc(NC(=O)Nc3ccc4cc[nH]c4c3)cc2)C(C)(C)C)cc1. The molecular formula is C49H59N9O10S. The van der Waals surface area contributed by atoms with Crippen LogP contribution in [0.2, 0.25) is 0 Å². The van der Waals surface area contributed by atoms with E-state index in [-0.39, 0.29) is 65.7 Å². The molecule has 5 aromatic rings. The number of ether oxygens (including phenoxy) is 3. The Morgan fingerprint density at radius 1 is 0.826 bits per heavy atom. The van der Waals surface area contributed by atoms with Crippen LogP contribution in [0.25, 0.3) is 21.3 Å². The average molecular weight is 966 g/mol. The van der Waals surface area contributed by atoms with Gasteiger partial charge in [0.15, 0.2) is 0 Å². The van der Waals surface area contributed by atoms with Crippen molar-refractivity contribution in [3.05, 3.63) is 108 Å². The fourth-order valence-electron chi connectivity index (χ4n) is 7.28.